The van der Waals surface area contributed by atoms with E-state index in [-0.39, 0.29) is 0 Å². The van der Waals surface area contributed by atoms with Gasteiger partial charge in [-0.05, 0) is 42.7 Å². The molecule has 4 nitrogen and oxygen atoms in total. The maximum absolute atomic E-state index is 5.88. The average Bonchev–Trinajstić information content (AvgIpc) is 2.68. The van der Waals surface area contributed by atoms with Crippen molar-refractivity contribution in [2.24, 2.45) is 5.73 Å². The monoisotopic (exact) mass is 381 g/mol. The van der Waals surface area contributed by atoms with Gasteiger partial charge < -0.3 is 16.2 Å². The topological polar surface area (TPSA) is 74.2 Å². The Morgan fingerprint density at radius 1 is 1.00 bits per heavy atom. The fraction of sp³-hybridized carbons (Fsp3) is 0.318. The molecule has 0 saturated heterocycles. The van der Waals surface area contributed by atoms with E-state index in [9.17, 15) is 0 Å². The highest BCUT2D eigenvalue weighted by Gasteiger charge is 2.06. The first-order valence-electron chi connectivity index (χ1n) is 9.43. The van der Waals surface area contributed by atoms with E-state index in [0.717, 1.165) is 27.1 Å². The molecule has 0 spiro atoms. The standard InChI is InChI=1S/C16H14N2OS.C6H13N/c17-16-9-15(13-3-1-2-4-14(13)18-16)19-10-11-5-7-12(20)8-6-11;7-6-4-2-1-3-5-6/h1-9,20H,10H2,(H2,17,18);6H,1-5,7H2. The van der Waals surface area contributed by atoms with E-state index in [1.54, 1.807) is 6.07 Å². The Kier molecular flexibility index (Phi) is 6.96. The normalized spacial score (nSPS) is 14.4. The highest BCUT2D eigenvalue weighted by molar-refractivity contribution is 7.80. The molecule has 4 rings (SSSR count). The Hall–Kier alpha value is -2.24. The number of rotatable bonds is 3. The van der Waals surface area contributed by atoms with E-state index in [4.69, 9.17) is 16.2 Å². The zero-order valence-corrected chi connectivity index (χ0v) is 16.4. The first-order chi connectivity index (χ1) is 13.1. The van der Waals surface area contributed by atoms with Crippen LogP contribution in [0.25, 0.3) is 10.9 Å². The van der Waals surface area contributed by atoms with Gasteiger partial charge in [0.05, 0.1) is 5.52 Å². The highest BCUT2D eigenvalue weighted by atomic mass is 32.1. The Balaban J connectivity index is 0.000000253. The fourth-order valence-corrected chi connectivity index (χ4v) is 3.32. The largest absolute Gasteiger partial charge is 0.488 e. The van der Waals surface area contributed by atoms with Crippen LogP contribution in [0.1, 0.15) is 37.7 Å². The van der Waals surface area contributed by atoms with Crippen LogP contribution in [0, 0.1) is 0 Å². The molecule has 0 amide bonds. The average molecular weight is 382 g/mol. The number of pyridine rings is 1. The second-order valence-corrected chi connectivity index (χ2v) is 7.43. The molecule has 1 aromatic heterocycles. The predicted octanol–water partition coefficient (Wildman–Crippen LogP) is 4.96. The number of hydrogen-bond acceptors (Lipinski definition) is 5. The Morgan fingerprint density at radius 2 is 1.70 bits per heavy atom. The third-order valence-electron chi connectivity index (χ3n) is 4.68. The molecule has 1 aliphatic rings. The van der Waals surface area contributed by atoms with Gasteiger partial charge in [-0.25, -0.2) is 4.98 Å². The van der Waals surface area contributed by atoms with Crippen LogP contribution in [0.3, 0.4) is 0 Å². The van der Waals surface area contributed by atoms with E-state index >= 15 is 0 Å². The van der Waals surface area contributed by atoms with E-state index in [0.29, 0.717) is 18.5 Å². The van der Waals surface area contributed by atoms with E-state index in [2.05, 4.69) is 17.6 Å². The van der Waals surface area contributed by atoms with Crippen molar-refractivity contribution >= 4 is 29.3 Å². The summed E-state index contributed by atoms with van der Waals surface area (Å²) in [6, 6.07) is 18.0. The maximum atomic E-state index is 5.88. The number of benzene rings is 2. The van der Waals surface area contributed by atoms with Crippen LogP contribution in [0.2, 0.25) is 0 Å². The molecule has 27 heavy (non-hydrogen) atoms. The number of thiol groups is 1. The number of nitrogens with zero attached hydrogens (tertiary/aromatic N) is 1. The van der Waals surface area contributed by atoms with Crippen molar-refractivity contribution in [2.75, 3.05) is 5.73 Å². The summed E-state index contributed by atoms with van der Waals surface area (Å²) in [5.74, 6) is 1.22. The van der Waals surface area contributed by atoms with Crippen LogP contribution in [0.5, 0.6) is 5.75 Å². The van der Waals surface area contributed by atoms with E-state index < -0.39 is 0 Å². The van der Waals surface area contributed by atoms with Crippen molar-refractivity contribution in [3.05, 3.63) is 60.2 Å². The smallest absolute Gasteiger partial charge is 0.132 e. The second-order valence-electron chi connectivity index (χ2n) is 6.92. The predicted molar refractivity (Wildman–Crippen MR) is 115 cm³/mol. The summed E-state index contributed by atoms with van der Waals surface area (Å²) in [4.78, 5) is 5.23. The molecule has 2 aromatic carbocycles. The van der Waals surface area contributed by atoms with Crippen LogP contribution in [0.4, 0.5) is 5.82 Å². The molecule has 0 aliphatic heterocycles. The van der Waals surface area contributed by atoms with Crippen LogP contribution >= 0.6 is 12.6 Å². The van der Waals surface area contributed by atoms with Crippen molar-refractivity contribution in [1.29, 1.82) is 0 Å². The summed E-state index contributed by atoms with van der Waals surface area (Å²) in [5.41, 5.74) is 13.4. The van der Waals surface area contributed by atoms with Gasteiger partial charge in [0, 0.05) is 22.4 Å². The molecule has 0 atom stereocenters. The fourth-order valence-electron chi connectivity index (χ4n) is 3.17. The maximum Gasteiger partial charge on any atom is 0.132 e. The minimum Gasteiger partial charge on any atom is -0.488 e. The Morgan fingerprint density at radius 3 is 2.37 bits per heavy atom. The third kappa shape index (κ3) is 5.88. The molecular formula is C22H27N3OS. The van der Waals surface area contributed by atoms with Gasteiger partial charge in [0.2, 0.25) is 0 Å². The summed E-state index contributed by atoms with van der Waals surface area (Å²) < 4.78 is 5.88. The minimum absolute atomic E-state index is 0.462. The molecule has 4 N–H and O–H groups in total. The number of fused-ring (bicyclic) bond motifs is 1. The quantitative estimate of drug-likeness (QED) is 0.561. The molecule has 3 aromatic rings. The third-order valence-corrected chi connectivity index (χ3v) is 4.98. The lowest BCUT2D eigenvalue weighted by molar-refractivity contribution is 0.310. The molecule has 1 saturated carbocycles. The van der Waals surface area contributed by atoms with Crippen molar-refractivity contribution in [1.82, 2.24) is 4.98 Å². The van der Waals surface area contributed by atoms with Crippen molar-refractivity contribution in [2.45, 2.75) is 49.6 Å². The van der Waals surface area contributed by atoms with Gasteiger partial charge >= 0.3 is 0 Å². The van der Waals surface area contributed by atoms with Crippen molar-refractivity contribution < 1.29 is 4.74 Å². The van der Waals surface area contributed by atoms with Gasteiger partial charge in [0.15, 0.2) is 0 Å². The van der Waals surface area contributed by atoms with Crippen molar-refractivity contribution in [3.8, 4) is 5.75 Å². The highest BCUT2D eigenvalue weighted by Crippen LogP contribution is 2.27. The molecule has 0 radical (unpaired) electrons. The molecular weight excluding hydrogens is 354 g/mol. The van der Waals surface area contributed by atoms with Gasteiger partial charge in [-0.2, -0.15) is 0 Å². The van der Waals surface area contributed by atoms with Crippen LogP contribution in [-0.4, -0.2) is 11.0 Å². The van der Waals surface area contributed by atoms with Gasteiger partial charge in [-0.3, -0.25) is 0 Å². The molecule has 5 heteroatoms. The number of aromatic nitrogens is 1. The summed E-state index contributed by atoms with van der Waals surface area (Å²) in [6.07, 6.45) is 6.66. The van der Waals surface area contributed by atoms with Gasteiger partial charge in [0.1, 0.15) is 18.2 Å². The Labute approximate surface area is 166 Å². The van der Waals surface area contributed by atoms with E-state index in [1.165, 1.54) is 32.1 Å². The van der Waals surface area contributed by atoms with Crippen LogP contribution < -0.4 is 16.2 Å². The number of anilines is 1. The lowest BCUT2D eigenvalue weighted by Crippen LogP contribution is -2.22. The second kappa shape index (κ2) is 9.62. The molecule has 1 fully saturated rings. The number of nitrogen functional groups attached to an aromatic ring is 1. The lowest BCUT2D eigenvalue weighted by atomic mass is 9.97. The number of ether oxygens (including phenoxy) is 1. The molecule has 1 aliphatic carbocycles. The summed E-state index contributed by atoms with van der Waals surface area (Å²) in [5, 5.41) is 0.965. The first kappa shape index (κ1) is 19.5. The van der Waals surface area contributed by atoms with E-state index in [1.807, 2.05) is 48.5 Å². The molecule has 1 heterocycles. The van der Waals surface area contributed by atoms with Gasteiger partial charge in [0.25, 0.3) is 0 Å². The summed E-state index contributed by atoms with van der Waals surface area (Å²) >= 11 is 4.27. The molecule has 0 bridgehead atoms. The SMILES string of the molecule is NC1CCCCC1.Nc1cc(OCc2ccc(S)cc2)c2ccccc2n1. The van der Waals surface area contributed by atoms with Crippen LogP contribution in [-0.2, 0) is 6.61 Å². The summed E-state index contributed by atoms with van der Waals surface area (Å²) in [6.45, 7) is 0.488. The van der Waals surface area contributed by atoms with Gasteiger partial charge in [-0.1, -0.05) is 43.5 Å². The zero-order chi connectivity index (χ0) is 19.1. The molecule has 0 unspecified atom stereocenters. The van der Waals surface area contributed by atoms with Crippen LogP contribution in [0.15, 0.2) is 59.5 Å². The number of nitrogens with two attached hydrogens (primary N) is 2. The van der Waals surface area contributed by atoms with Gasteiger partial charge in [-0.15, -0.1) is 12.6 Å². The summed E-state index contributed by atoms with van der Waals surface area (Å²) in [7, 11) is 0. The Bertz CT molecular complexity index is 861. The minimum atomic E-state index is 0.462. The first-order valence-corrected chi connectivity index (χ1v) is 9.88. The lowest BCUT2D eigenvalue weighted by Gasteiger charge is -2.15. The molecule has 142 valence electrons. The van der Waals surface area contributed by atoms with Crippen molar-refractivity contribution in [3.63, 3.8) is 0 Å². The zero-order valence-electron chi connectivity index (χ0n) is 15.5. The number of hydrogen-bond donors (Lipinski definition) is 3. The number of para-hydroxylation sites is 1.